The van der Waals surface area contributed by atoms with Crippen molar-refractivity contribution in [3.63, 3.8) is 0 Å². The van der Waals surface area contributed by atoms with Gasteiger partial charge in [-0.25, -0.2) is 0 Å². The van der Waals surface area contributed by atoms with Crippen molar-refractivity contribution in [2.45, 2.75) is 11.3 Å². The van der Waals surface area contributed by atoms with E-state index in [4.69, 9.17) is 9.84 Å². The van der Waals surface area contributed by atoms with Gasteiger partial charge in [0, 0.05) is 22.6 Å². The standard InChI is InChI=1S/C18H18O2S/c19-13-5-4-6-16-9-11-17(12-10-16)20-14-15-21-18-7-2-1-3-8-18/h1-3,7-12,19H,5,13-15H2. The van der Waals surface area contributed by atoms with Gasteiger partial charge in [0.05, 0.1) is 13.2 Å². The number of ether oxygens (including phenoxy) is 1. The number of benzene rings is 2. The molecular weight excluding hydrogens is 280 g/mol. The van der Waals surface area contributed by atoms with Gasteiger partial charge in [-0.05, 0) is 36.4 Å². The van der Waals surface area contributed by atoms with Crippen LogP contribution in [-0.2, 0) is 0 Å². The Kier molecular flexibility index (Phi) is 6.73. The van der Waals surface area contributed by atoms with Gasteiger partial charge in [0.25, 0.3) is 0 Å². The number of rotatable bonds is 6. The van der Waals surface area contributed by atoms with Gasteiger partial charge in [0.1, 0.15) is 5.75 Å². The molecule has 0 aromatic heterocycles. The predicted molar refractivity (Wildman–Crippen MR) is 87.7 cm³/mol. The van der Waals surface area contributed by atoms with Gasteiger partial charge in [-0.1, -0.05) is 30.0 Å². The maximum Gasteiger partial charge on any atom is 0.119 e. The van der Waals surface area contributed by atoms with E-state index in [0.29, 0.717) is 13.0 Å². The summed E-state index contributed by atoms with van der Waals surface area (Å²) in [6.07, 6.45) is 0.509. The molecule has 0 fully saturated rings. The first-order valence-electron chi connectivity index (χ1n) is 6.89. The molecule has 2 aromatic rings. The van der Waals surface area contributed by atoms with E-state index in [1.54, 1.807) is 11.8 Å². The van der Waals surface area contributed by atoms with Crippen LogP contribution in [-0.4, -0.2) is 24.1 Å². The van der Waals surface area contributed by atoms with Gasteiger partial charge in [-0.3, -0.25) is 0 Å². The molecule has 0 unspecified atom stereocenters. The van der Waals surface area contributed by atoms with E-state index in [9.17, 15) is 0 Å². The molecule has 0 radical (unpaired) electrons. The Bertz CT molecular complexity index is 582. The van der Waals surface area contributed by atoms with Gasteiger partial charge >= 0.3 is 0 Å². The minimum atomic E-state index is 0.104. The summed E-state index contributed by atoms with van der Waals surface area (Å²) in [5.41, 5.74) is 0.939. The van der Waals surface area contributed by atoms with Crippen LogP contribution in [0.4, 0.5) is 0 Å². The van der Waals surface area contributed by atoms with E-state index in [0.717, 1.165) is 17.1 Å². The van der Waals surface area contributed by atoms with Gasteiger partial charge in [0.15, 0.2) is 0 Å². The number of thioether (sulfide) groups is 1. The van der Waals surface area contributed by atoms with E-state index < -0.39 is 0 Å². The fourth-order valence-corrected chi connectivity index (χ4v) is 2.44. The molecule has 3 heteroatoms. The summed E-state index contributed by atoms with van der Waals surface area (Å²) in [6.45, 7) is 0.780. The lowest BCUT2D eigenvalue weighted by molar-refractivity contribution is 0.305. The molecule has 2 rings (SSSR count). The summed E-state index contributed by atoms with van der Waals surface area (Å²) in [7, 11) is 0. The quantitative estimate of drug-likeness (QED) is 0.502. The lowest BCUT2D eigenvalue weighted by Crippen LogP contribution is -1.99. The summed E-state index contributed by atoms with van der Waals surface area (Å²) >= 11 is 1.79. The Hall–Kier alpha value is -1.89. The van der Waals surface area contributed by atoms with Crippen molar-refractivity contribution in [3.8, 4) is 17.6 Å². The molecule has 0 spiro atoms. The van der Waals surface area contributed by atoms with Crippen LogP contribution in [0.25, 0.3) is 0 Å². The highest BCUT2D eigenvalue weighted by atomic mass is 32.2. The molecule has 108 valence electrons. The summed E-state index contributed by atoms with van der Waals surface area (Å²) in [5.74, 6) is 7.67. The van der Waals surface area contributed by atoms with Crippen LogP contribution in [0, 0.1) is 11.8 Å². The van der Waals surface area contributed by atoms with Crippen molar-refractivity contribution in [2.75, 3.05) is 19.0 Å². The molecule has 1 N–H and O–H groups in total. The minimum Gasteiger partial charge on any atom is -0.493 e. The van der Waals surface area contributed by atoms with Crippen molar-refractivity contribution < 1.29 is 9.84 Å². The van der Waals surface area contributed by atoms with E-state index >= 15 is 0 Å². The van der Waals surface area contributed by atoms with Crippen LogP contribution in [0.15, 0.2) is 59.5 Å². The molecular formula is C18H18O2S. The highest BCUT2D eigenvalue weighted by Crippen LogP contribution is 2.17. The maximum absolute atomic E-state index is 8.67. The van der Waals surface area contributed by atoms with Crippen LogP contribution >= 0.6 is 11.8 Å². The molecule has 0 saturated carbocycles. The summed E-state index contributed by atoms with van der Waals surface area (Å²) in [4.78, 5) is 1.26. The average Bonchev–Trinajstić information content (AvgIpc) is 2.54. The Balaban J connectivity index is 1.73. The molecule has 21 heavy (non-hydrogen) atoms. The number of aliphatic hydroxyl groups excluding tert-OH is 1. The summed E-state index contributed by atoms with van der Waals surface area (Å²) < 4.78 is 5.70. The Labute approximate surface area is 130 Å². The highest BCUT2D eigenvalue weighted by Gasteiger charge is 1.96. The largest absolute Gasteiger partial charge is 0.493 e. The first kappa shape index (κ1) is 15.5. The van der Waals surface area contributed by atoms with E-state index in [1.165, 1.54) is 4.90 Å². The number of aliphatic hydroxyl groups is 1. The second-order valence-corrected chi connectivity index (χ2v) is 5.48. The zero-order valence-corrected chi connectivity index (χ0v) is 12.6. The normalized spacial score (nSPS) is 9.76. The molecule has 0 atom stereocenters. The topological polar surface area (TPSA) is 29.5 Å². The predicted octanol–water partition coefficient (Wildman–Crippen LogP) is 3.59. The molecule has 2 nitrogen and oxygen atoms in total. The molecule has 0 aliphatic carbocycles. The third kappa shape index (κ3) is 5.95. The van der Waals surface area contributed by atoms with Crippen LogP contribution < -0.4 is 4.74 Å². The number of hydrogen-bond acceptors (Lipinski definition) is 3. The fourth-order valence-electron chi connectivity index (χ4n) is 1.69. The molecule has 0 bridgehead atoms. The summed E-state index contributed by atoms with van der Waals surface area (Å²) in [5, 5.41) is 8.67. The van der Waals surface area contributed by atoms with Gasteiger partial charge in [-0.2, -0.15) is 0 Å². The fraction of sp³-hybridized carbons (Fsp3) is 0.222. The zero-order valence-electron chi connectivity index (χ0n) is 11.8. The molecule has 0 amide bonds. The average molecular weight is 298 g/mol. The van der Waals surface area contributed by atoms with Crippen LogP contribution in [0.2, 0.25) is 0 Å². The van der Waals surface area contributed by atoms with Crippen molar-refractivity contribution in [1.82, 2.24) is 0 Å². The Morgan fingerprint density at radius 3 is 2.48 bits per heavy atom. The molecule has 0 aliphatic rings. The number of hydrogen-bond donors (Lipinski definition) is 1. The van der Waals surface area contributed by atoms with E-state index in [-0.39, 0.29) is 6.61 Å². The van der Waals surface area contributed by atoms with Crippen LogP contribution in [0.3, 0.4) is 0 Å². The SMILES string of the molecule is OCCC#Cc1ccc(OCCSc2ccccc2)cc1. The van der Waals surface area contributed by atoms with Crippen LogP contribution in [0.1, 0.15) is 12.0 Å². The summed E-state index contributed by atoms with van der Waals surface area (Å²) in [6, 6.07) is 18.0. The van der Waals surface area contributed by atoms with Crippen molar-refractivity contribution in [1.29, 1.82) is 0 Å². The lowest BCUT2D eigenvalue weighted by Gasteiger charge is -2.06. The zero-order chi connectivity index (χ0) is 14.8. The smallest absolute Gasteiger partial charge is 0.119 e. The van der Waals surface area contributed by atoms with E-state index in [1.807, 2.05) is 42.5 Å². The van der Waals surface area contributed by atoms with Gasteiger partial charge in [0.2, 0.25) is 0 Å². The van der Waals surface area contributed by atoms with Gasteiger partial charge in [-0.15, -0.1) is 11.8 Å². The first-order valence-corrected chi connectivity index (χ1v) is 7.87. The minimum absolute atomic E-state index is 0.104. The van der Waals surface area contributed by atoms with Crippen molar-refractivity contribution in [2.24, 2.45) is 0 Å². The Morgan fingerprint density at radius 2 is 1.76 bits per heavy atom. The van der Waals surface area contributed by atoms with Crippen molar-refractivity contribution in [3.05, 3.63) is 60.2 Å². The highest BCUT2D eigenvalue weighted by molar-refractivity contribution is 7.99. The third-order valence-electron chi connectivity index (χ3n) is 2.69. The monoisotopic (exact) mass is 298 g/mol. The van der Waals surface area contributed by atoms with Gasteiger partial charge < -0.3 is 9.84 Å². The molecule has 0 saturated heterocycles. The van der Waals surface area contributed by atoms with E-state index in [2.05, 4.69) is 24.0 Å². The molecule has 2 aromatic carbocycles. The second-order valence-electron chi connectivity index (χ2n) is 4.31. The van der Waals surface area contributed by atoms with Crippen LogP contribution in [0.5, 0.6) is 5.75 Å². The molecule has 0 aliphatic heterocycles. The first-order chi connectivity index (χ1) is 10.4. The van der Waals surface area contributed by atoms with Crippen molar-refractivity contribution >= 4 is 11.8 Å². The Morgan fingerprint density at radius 1 is 1.00 bits per heavy atom. The molecule has 0 heterocycles. The third-order valence-corrected chi connectivity index (χ3v) is 3.66. The second kappa shape index (κ2) is 9.12. The lowest BCUT2D eigenvalue weighted by atomic mass is 10.2. The maximum atomic E-state index is 8.67.